The van der Waals surface area contributed by atoms with Crippen LogP contribution in [0.15, 0.2) is 60.2 Å². The molecule has 2 aromatic carbocycles. The van der Waals surface area contributed by atoms with E-state index < -0.39 is 0 Å². The van der Waals surface area contributed by atoms with Crippen LogP contribution in [-0.4, -0.2) is 11.8 Å². The Hall–Kier alpha value is -2.95. The maximum absolute atomic E-state index is 13.0. The Morgan fingerprint density at radius 3 is 2.29 bits per heavy atom. The van der Waals surface area contributed by atoms with E-state index in [1.54, 1.807) is 24.3 Å². The zero-order valence-corrected chi connectivity index (χ0v) is 16.5. The van der Waals surface area contributed by atoms with E-state index in [0.29, 0.717) is 16.9 Å². The van der Waals surface area contributed by atoms with Crippen molar-refractivity contribution in [3.63, 3.8) is 0 Å². The van der Waals surface area contributed by atoms with Crippen LogP contribution in [0.1, 0.15) is 38.1 Å². The quantitative estimate of drug-likeness (QED) is 0.696. The van der Waals surface area contributed by atoms with Crippen molar-refractivity contribution in [2.75, 3.05) is 10.6 Å². The number of carbonyl (C=O) groups excluding carboxylic acids is 2. The van der Waals surface area contributed by atoms with E-state index >= 15 is 0 Å². The van der Waals surface area contributed by atoms with Gasteiger partial charge in [-0.25, -0.2) is 4.39 Å². The molecule has 1 fully saturated rings. The van der Waals surface area contributed by atoms with Crippen LogP contribution in [0.2, 0.25) is 0 Å². The van der Waals surface area contributed by atoms with E-state index in [1.807, 2.05) is 13.8 Å². The molecule has 0 heterocycles. The summed E-state index contributed by atoms with van der Waals surface area (Å²) in [6.07, 6.45) is 2.14. The Morgan fingerprint density at radius 2 is 1.64 bits per heavy atom. The van der Waals surface area contributed by atoms with Gasteiger partial charge in [-0.2, -0.15) is 0 Å². The summed E-state index contributed by atoms with van der Waals surface area (Å²) >= 11 is 0. The SMILES string of the molecule is CC(C)=CC1C(C(=O)Nc2ccccc2C(=O)Nc2ccc(F)cc2)C1(C)C. The first kappa shape index (κ1) is 19.8. The minimum atomic E-state index is -0.372. The summed E-state index contributed by atoms with van der Waals surface area (Å²) in [5, 5.41) is 5.65. The number of hydrogen-bond acceptors (Lipinski definition) is 2. The number of anilines is 2. The topological polar surface area (TPSA) is 58.2 Å². The first-order valence-corrected chi connectivity index (χ1v) is 9.32. The highest BCUT2D eigenvalue weighted by molar-refractivity contribution is 6.10. The van der Waals surface area contributed by atoms with Crippen LogP contribution in [0, 0.1) is 23.1 Å². The molecule has 0 radical (unpaired) electrons. The summed E-state index contributed by atoms with van der Waals surface area (Å²) in [5.41, 5.74) is 2.39. The number of halogens is 1. The van der Waals surface area contributed by atoms with Crippen LogP contribution < -0.4 is 10.6 Å². The third-order valence-corrected chi connectivity index (χ3v) is 5.24. The van der Waals surface area contributed by atoms with Crippen molar-refractivity contribution in [1.82, 2.24) is 0 Å². The molecule has 0 aromatic heterocycles. The van der Waals surface area contributed by atoms with E-state index in [1.165, 1.54) is 29.8 Å². The summed E-state index contributed by atoms with van der Waals surface area (Å²) in [5.74, 6) is -0.759. The second kappa shape index (κ2) is 7.58. The normalized spacial score (nSPS) is 19.5. The lowest BCUT2D eigenvalue weighted by molar-refractivity contribution is -0.118. The zero-order chi connectivity index (χ0) is 20.5. The standard InChI is InChI=1S/C23H25FN2O2/c1-14(2)13-18-20(23(18,3)4)22(28)26-19-8-6-5-7-17(19)21(27)25-16-11-9-15(24)10-12-16/h5-13,18,20H,1-4H3,(H,25,27)(H,26,28). The Balaban J connectivity index is 1.75. The number of amides is 2. The molecule has 0 aliphatic heterocycles. The van der Waals surface area contributed by atoms with E-state index in [2.05, 4.69) is 30.6 Å². The first-order valence-electron chi connectivity index (χ1n) is 9.32. The Kier molecular flexibility index (Phi) is 5.36. The molecule has 1 saturated carbocycles. The van der Waals surface area contributed by atoms with Gasteiger partial charge in [-0.1, -0.05) is 37.6 Å². The molecule has 4 nitrogen and oxygen atoms in total. The number of allylic oxidation sites excluding steroid dienone is 2. The van der Waals surface area contributed by atoms with Crippen molar-refractivity contribution in [2.45, 2.75) is 27.7 Å². The third kappa shape index (κ3) is 4.14. The van der Waals surface area contributed by atoms with Gasteiger partial charge in [0.1, 0.15) is 5.82 Å². The average molecular weight is 380 g/mol. The van der Waals surface area contributed by atoms with Crippen LogP contribution in [0.4, 0.5) is 15.8 Å². The minimum absolute atomic E-state index is 0.0884. The number of para-hydroxylation sites is 1. The van der Waals surface area contributed by atoms with E-state index in [-0.39, 0.29) is 34.9 Å². The van der Waals surface area contributed by atoms with Gasteiger partial charge >= 0.3 is 0 Å². The molecule has 2 amide bonds. The predicted molar refractivity (Wildman–Crippen MR) is 110 cm³/mol. The minimum Gasteiger partial charge on any atom is -0.325 e. The molecule has 1 aliphatic rings. The summed E-state index contributed by atoms with van der Waals surface area (Å²) in [6, 6.07) is 12.4. The average Bonchev–Trinajstić information content (AvgIpc) is 3.16. The zero-order valence-electron chi connectivity index (χ0n) is 16.5. The molecule has 2 N–H and O–H groups in total. The largest absolute Gasteiger partial charge is 0.325 e. The number of rotatable bonds is 5. The highest BCUT2D eigenvalue weighted by Crippen LogP contribution is 2.59. The Labute approximate surface area is 164 Å². The Morgan fingerprint density at radius 1 is 1.00 bits per heavy atom. The first-order chi connectivity index (χ1) is 13.2. The van der Waals surface area contributed by atoms with E-state index in [9.17, 15) is 14.0 Å². The van der Waals surface area contributed by atoms with Crippen LogP contribution in [0.25, 0.3) is 0 Å². The van der Waals surface area contributed by atoms with Gasteiger partial charge in [0, 0.05) is 5.69 Å². The molecule has 0 saturated heterocycles. The maximum atomic E-state index is 13.0. The van der Waals surface area contributed by atoms with Gasteiger partial charge in [0.2, 0.25) is 5.91 Å². The lowest BCUT2D eigenvalue weighted by atomic mass is 10.1. The van der Waals surface area contributed by atoms with Crippen molar-refractivity contribution in [3.8, 4) is 0 Å². The highest BCUT2D eigenvalue weighted by Gasteiger charge is 2.60. The van der Waals surface area contributed by atoms with Crippen molar-refractivity contribution >= 4 is 23.2 Å². The van der Waals surface area contributed by atoms with E-state index in [4.69, 9.17) is 0 Å². The third-order valence-electron chi connectivity index (χ3n) is 5.24. The van der Waals surface area contributed by atoms with Crippen molar-refractivity contribution < 1.29 is 14.0 Å². The fourth-order valence-electron chi connectivity index (χ4n) is 3.58. The molecule has 0 spiro atoms. The predicted octanol–water partition coefficient (Wildman–Crippen LogP) is 5.25. The fraction of sp³-hybridized carbons (Fsp3) is 0.304. The van der Waals surface area contributed by atoms with Crippen molar-refractivity contribution in [3.05, 3.63) is 71.6 Å². The van der Waals surface area contributed by atoms with Crippen LogP contribution in [-0.2, 0) is 4.79 Å². The summed E-state index contributed by atoms with van der Waals surface area (Å²) in [6.45, 7) is 8.21. The molecule has 2 aromatic rings. The van der Waals surface area contributed by atoms with Gasteiger partial charge < -0.3 is 10.6 Å². The number of hydrogen-bond donors (Lipinski definition) is 2. The van der Waals surface area contributed by atoms with Crippen LogP contribution >= 0.6 is 0 Å². The maximum Gasteiger partial charge on any atom is 0.257 e. The molecule has 28 heavy (non-hydrogen) atoms. The number of nitrogens with one attached hydrogen (secondary N) is 2. The van der Waals surface area contributed by atoms with Crippen molar-refractivity contribution in [2.24, 2.45) is 17.3 Å². The summed E-state index contributed by atoms with van der Waals surface area (Å²) in [7, 11) is 0. The molecule has 2 atom stereocenters. The lowest BCUT2D eigenvalue weighted by Gasteiger charge is -2.12. The van der Waals surface area contributed by atoms with E-state index in [0.717, 1.165) is 0 Å². The van der Waals surface area contributed by atoms with Gasteiger partial charge in [-0.3, -0.25) is 9.59 Å². The molecule has 1 aliphatic carbocycles. The number of carbonyl (C=O) groups is 2. The summed E-state index contributed by atoms with van der Waals surface area (Å²) < 4.78 is 13.0. The molecule has 0 bridgehead atoms. The highest BCUT2D eigenvalue weighted by atomic mass is 19.1. The second-order valence-electron chi connectivity index (χ2n) is 8.06. The molecule has 146 valence electrons. The van der Waals surface area contributed by atoms with Gasteiger partial charge in [0.15, 0.2) is 0 Å². The molecular weight excluding hydrogens is 355 g/mol. The van der Waals surface area contributed by atoms with Gasteiger partial charge in [0.25, 0.3) is 5.91 Å². The van der Waals surface area contributed by atoms with Gasteiger partial charge in [-0.15, -0.1) is 0 Å². The van der Waals surface area contributed by atoms with Crippen LogP contribution in [0.5, 0.6) is 0 Å². The smallest absolute Gasteiger partial charge is 0.257 e. The lowest BCUT2D eigenvalue weighted by Crippen LogP contribution is -2.20. The monoisotopic (exact) mass is 380 g/mol. The van der Waals surface area contributed by atoms with Gasteiger partial charge in [0.05, 0.1) is 17.2 Å². The molecule has 2 unspecified atom stereocenters. The van der Waals surface area contributed by atoms with Gasteiger partial charge in [-0.05, 0) is 61.6 Å². The fourth-order valence-corrected chi connectivity index (χ4v) is 3.58. The van der Waals surface area contributed by atoms with Crippen molar-refractivity contribution in [1.29, 1.82) is 0 Å². The summed E-state index contributed by atoms with van der Waals surface area (Å²) in [4.78, 5) is 25.5. The number of benzene rings is 2. The van der Waals surface area contributed by atoms with Crippen LogP contribution in [0.3, 0.4) is 0 Å². The second-order valence-corrected chi connectivity index (χ2v) is 8.06. The molecule has 3 rings (SSSR count). The Bertz CT molecular complexity index is 928. The molecular formula is C23H25FN2O2. The molecule has 5 heteroatoms.